The van der Waals surface area contributed by atoms with Gasteiger partial charge in [0.25, 0.3) is 0 Å². The first kappa shape index (κ1) is 13.9. The second-order valence-corrected chi connectivity index (χ2v) is 4.77. The van der Waals surface area contributed by atoms with Crippen molar-refractivity contribution in [2.45, 2.75) is 51.5 Å². The second kappa shape index (κ2) is 7.25. The van der Waals surface area contributed by atoms with E-state index in [4.69, 9.17) is 10.5 Å². The lowest BCUT2D eigenvalue weighted by atomic mass is 9.80. The molecule has 2 N–H and O–H groups in total. The molecule has 16 heavy (non-hydrogen) atoms. The Morgan fingerprint density at radius 3 is 2.38 bits per heavy atom. The third kappa shape index (κ3) is 3.44. The molecule has 1 aliphatic rings. The summed E-state index contributed by atoms with van der Waals surface area (Å²) in [7, 11) is 0. The number of ether oxygens (including phenoxy) is 1. The van der Waals surface area contributed by atoms with Gasteiger partial charge in [-0.2, -0.15) is 0 Å². The van der Waals surface area contributed by atoms with Gasteiger partial charge in [0.1, 0.15) is 0 Å². The number of likely N-dealkylation sites (N-methyl/N-ethyl adjacent to an activating group) is 1. The van der Waals surface area contributed by atoms with Gasteiger partial charge in [-0.25, -0.2) is 0 Å². The van der Waals surface area contributed by atoms with Crippen molar-refractivity contribution >= 4 is 0 Å². The molecule has 1 aliphatic carbocycles. The molecule has 0 aromatic rings. The summed E-state index contributed by atoms with van der Waals surface area (Å²) in [5.74, 6) is 0. The zero-order chi connectivity index (χ0) is 11.9. The molecule has 3 nitrogen and oxygen atoms in total. The lowest BCUT2D eigenvalue weighted by Crippen LogP contribution is -2.55. The standard InChI is InChI=1S/C13H28N2O/c1-3-15(10-11-16-4-2)13(12-14)8-6-5-7-9-13/h3-12,14H2,1-2H3. The van der Waals surface area contributed by atoms with Gasteiger partial charge in [0, 0.05) is 25.2 Å². The highest BCUT2D eigenvalue weighted by atomic mass is 16.5. The lowest BCUT2D eigenvalue weighted by molar-refractivity contribution is 0.0294. The Morgan fingerprint density at radius 1 is 1.19 bits per heavy atom. The highest BCUT2D eigenvalue weighted by Crippen LogP contribution is 2.32. The summed E-state index contributed by atoms with van der Waals surface area (Å²) in [5.41, 5.74) is 6.30. The van der Waals surface area contributed by atoms with E-state index in [1.807, 2.05) is 0 Å². The van der Waals surface area contributed by atoms with Crippen molar-refractivity contribution in [2.24, 2.45) is 5.73 Å². The fourth-order valence-electron chi connectivity index (χ4n) is 2.91. The summed E-state index contributed by atoms with van der Waals surface area (Å²) >= 11 is 0. The summed E-state index contributed by atoms with van der Waals surface area (Å²) in [6, 6.07) is 0. The van der Waals surface area contributed by atoms with Crippen LogP contribution in [-0.4, -0.2) is 43.3 Å². The van der Waals surface area contributed by atoms with Crippen LogP contribution in [0.1, 0.15) is 46.0 Å². The Morgan fingerprint density at radius 2 is 1.88 bits per heavy atom. The minimum atomic E-state index is 0.268. The third-order valence-electron chi connectivity index (χ3n) is 3.93. The number of hydrogen-bond donors (Lipinski definition) is 1. The number of rotatable bonds is 7. The van der Waals surface area contributed by atoms with Crippen LogP contribution in [0.4, 0.5) is 0 Å². The van der Waals surface area contributed by atoms with Gasteiger partial charge in [-0.3, -0.25) is 4.90 Å². The van der Waals surface area contributed by atoms with Gasteiger partial charge in [-0.05, 0) is 26.3 Å². The van der Waals surface area contributed by atoms with Gasteiger partial charge >= 0.3 is 0 Å². The molecule has 0 unspecified atom stereocenters. The van der Waals surface area contributed by atoms with E-state index in [0.717, 1.165) is 32.8 Å². The van der Waals surface area contributed by atoms with Gasteiger partial charge in [0.05, 0.1) is 6.61 Å². The summed E-state index contributed by atoms with van der Waals surface area (Å²) in [6.07, 6.45) is 6.59. The third-order valence-corrected chi connectivity index (χ3v) is 3.93. The monoisotopic (exact) mass is 228 g/mol. The molecule has 0 atom stereocenters. The average Bonchev–Trinajstić information content (AvgIpc) is 2.35. The van der Waals surface area contributed by atoms with E-state index in [1.165, 1.54) is 32.1 Å². The quantitative estimate of drug-likeness (QED) is 0.677. The molecular formula is C13H28N2O. The fourth-order valence-corrected chi connectivity index (χ4v) is 2.91. The average molecular weight is 228 g/mol. The molecule has 96 valence electrons. The summed E-state index contributed by atoms with van der Waals surface area (Å²) in [5, 5.41) is 0. The van der Waals surface area contributed by atoms with Crippen molar-refractivity contribution in [2.75, 3.05) is 32.8 Å². The molecule has 1 saturated carbocycles. The molecule has 0 aromatic heterocycles. The van der Waals surface area contributed by atoms with Crippen LogP contribution in [0, 0.1) is 0 Å². The van der Waals surface area contributed by atoms with Crippen LogP contribution in [0.3, 0.4) is 0 Å². The maximum Gasteiger partial charge on any atom is 0.0593 e. The molecule has 0 bridgehead atoms. The van der Waals surface area contributed by atoms with Crippen molar-refractivity contribution in [1.82, 2.24) is 4.90 Å². The van der Waals surface area contributed by atoms with Crippen LogP contribution in [0.2, 0.25) is 0 Å². The van der Waals surface area contributed by atoms with Crippen molar-refractivity contribution in [1.29, 1.82) is 0 Å². The maximum atomic E-state index is 6.04. The van der Waals surface area contributed by atoms with Gasteiger partial charge < -0.3 is 10.5 Å². The molecule has 3 heteroatoms. The van der Waals surface area contributed by atoms with Gasteiger partial charge in [-0.1, -0.05) is 26.2 Å². The van der Waals surface area contributed by atoms with E-state index in [9.17, 15) is 0 Å². The van der Waals surface area contributed by atoms with Gasteiger partial charge in [-0.15, -0.1) is 0 Å². The fraction of sp³-hybridized carbons (Fsp3) is 1.00. The van der Waals surface area contributed by atoms with E-state index in [0.29, 0.717) is 0 Å². The summed E-state index contributed by atoms with van der Waals surface area (Å²) in [4.78, 5) is 2.54. The first-order valence-corrected chi connectivity index (χ1v) is 6.82. The number of hydrogen-bond acceptors (Lipinski definition) is 3. The lowest BCUT2D eigenvalue weighted by Gasteiger charge is -2.45. The summed E-state index contributed by atoms with van der Waals surface area (Å²) in [6.45, 7) is 8.85. The Kier molecular flexibility index (Phi) is 6.32. The molecule has 0 heterocycles. The SMILES string of the molecule is CCOCCN(CC)C1(CN)CCCCC1. The van der Waals surface area contributed by atoms with Crippen molar-refractivity contribution in [3.05, 3.63) is 0 Å². The Hall–Kier alpha value is -0.120. The molecule has 0 aromatic carbocycles. The van der Waals surface area contributed by atoms with Gasteiger partial charge in [0.2, 0.25) is 0 Å². The molecule has 0 saturated heterocycles. The Bertz CT molecular complexity index is 179. The molecule has 0 radical (unpaired) electrons. The predicted molar refractivity (Wildman–Crippen MR) is 68.6 cm³/mol. The molecular weight excluding hydrogens is 200 g/mol. The second-order valence-electron chi connectivity index (χ2n) is 4.77. The van der Waals surface area contributed by atoms with Crippen molar-refractivity contribution < 1.29 is 4.74 Å². The van der Waals surface area contributed by atoms with Crippen LogP contribution in [0.5, 0.6) is 0 Å². The summed E-state index contributed by atoms with van der Waals surface area (Å²) < 4.78 is 5.46. The van der Waals surface area contributed by atoms with Crippen LogP contribution in [0.25, 0.3) is 0 Å². The Labute approximate surface area is 100 Å². The highest BCUT2D eigenvalue weighted by molar-refractivity contribution is 4.93. The zero-order valence-corrected chi connectivity index (χ0v) is 11.0. The minimum absolute atomic E-state index is 0.268. The first-order chi connectivity index (χ1) is 7.79. The van der Waals surface area contributed by atoms with E-state index in [1.54, 1.807) is 0 Å². The molecule has 1 fully saturated rings. The number of nitrogens with zero attached hydrogens (tertiary/aromatic N) is 1. The van der Waals surface area contributed by atoms with Crippen LogP contribution in [0.15, 0.2) is 0 Å². The zero-order valence-electron chi connectivity index (χ0n) is 11.0. The van der Waals surface area contributed by atoms with Crippen LogP contribution >= 0.6 is 0 Å². The van der Waals surface area contributed by atoms with E-state index in [2.05, 4.69) is 18.7 Å². The smallest absolute Gasteiger partial charge is 0.0593 e. The Balaban J connectivity index is 2.51. The first-order valence-electron chi connectivity index (χ1n) is 6.82. The van der Waals surface area contributed by atoms with E-state index in [-0.39, 0.29) is 5.54 Å². The molecule has 1 rings (SSSR count). The molecule has 0 aliphatic heterocycles. The minimum Gasteiger partial charge on any atom is -0.380 e. The number of nitrogens with two attached hydrogens (primary N) is 1. The van der Waals surface area contributed by atoms with Crippen molar-refractivity contribution in [3.63, 3.8) is 0 Å². The van der Waals surface area contributed by atoms with E-state index < -0.39 is 0 Å². The normalized spacial score (nSPS) is 20.2. The van der Waals surface area contributed by atoms with E-state index >= 15 is 0 Å². The topological polar surface area (TPSA) is 38.5 Å². The van der Waals surface area contributed by atoms with Gasteiger partial charge in [0.15, 0.2) is 0 Å². The highest BCUT2D eigenvalue weighted by Gasteiger charge is 2.35. The van der Waals surface area contributed by atoms with Crippen LogP contribution in [-0.2, 0) is 4.74 Å². The maximum absolute atomic E-state index is 6.04. The molecule has 0 spiro atoms. The predicted octanol–water partition coefficient (Wildman–Crippen LogP) is 2.01. The molecule has 0 amide bonds. The van der Waals surface area contributed by atoms with Crippen LogP contribution < -0.4 is 5.73 Å². The van der Waals surface area contributed by atoms with Crippen molar-refractivity contribution in [3.8, 4) is 0 Å². The largest absolute Gasteiger partial charge is 0.380 e.